The molecule has 4 aliphatic carbocycles. The molecule has 4 rings (SSSR count). The van der Waals surface area contributed by atoms with Crippen LogP contribution in [0, 0.1) is 28.6 Å². The smallest absolute Gasteiger partial charge is 0.303 e. The van der Waals surface area contributed by atoms with Crippen LogP contribution in [-0.4, -0.2) is 40.3 Å². The molecular formula is C24H32O5. The van der Waals surface area contributed by atoms with Crippen LogP contribution in [0.25, 0.3) is 0 Å². The third-order valence-electron chi connectivity index (χ3n) is 8.46. The average Bonchev–Trinajstić information content (AvgIpc) is 2.88. The molecule has 0 spiro atoms. The van der Waals surface area contributed by atoms with E-state index in [-0.39, 0.29) is 29.6 Å². The Balaban J connectivity index is 1.70. The minimum atomic E-state index is -1.50. The van der Waals surface area contributed by atoms with Crippen molar-refractivity contribution in [1.29, 1.82) is 0 Å². The fraction of sp³-hybridized carbons (Fsp3) is 0.667. The van der Waals surface area contributed by atoms with Crippen molar-refractivity contribution in [3.8, 4) is 0 Å². The summed E-state index contributed by atoms with van der Waals surface area (Å²) in [5, 5.41) is 21.7. The molecule has 5 heteroatoms. The number of fused-ring (bicyclic) bond motifs is 5. The van der Waals surface area contributed by atoms with Gasteiger partial charge in [0, 0.05) is 17.8 Å². The summed E-state index contributed by atoms with van der Waals surface area (Å²) < 4.78 is 4.95. The number of allylic oxidation sites excluding steroid dienone is 4. The zero-order valence-corrected chi connectivity index (χ0v) is 17.8. The van der Waals surface area contributed by atoms with Gasteiger partial charge in [0.15, 0.2) is 6.61 Å². The first-order chi connectivity index (χ1) is 13.5. The molecule has 3 unspecified atom stereocenters. The van der Waals surface area contributed by atoms with Crippen LogP contribution >= 0.6 is 0 Å². The molecule has 2 saturated carbocycles. The summed E-state index contributed by atoms with van der Waals surface area (Å²) in [7, 11) is 0. The van der Waals surface area contributed by atoms with Gasteiger partial charge in [-0.3, -0.25) is 9.59 Å². The van der Waals surface area contributed by atoms with Crippen LogP contribution in [-0.2, 0) is 14.3 Å². The zero-order chi connectivity index (χ0) is 21.2. The lowest BCUT2D eigenvalue weighted by Crippen LogP contribution is -2.57. The first-order valence-electron chi connectivity index (χ1n) is 10.7. The first-order valence-corrected chi connectivity index (χ1v) is 10.7. The average molecular weight is 401 g/mol. The number of carbonyl (C=O) groups is 2. The molecule has 7 atom stereocenters. The lowest BCUT2D eigenvalue weighted by atomic mass is 9.51. The topological polar surface area (TPSA) is 83.8 Å². The van der Waals surface area contributed by atoms with E-state index in [1.165, 1.54) is 18.1 Å². The maximum atomic E-state index is 13.0. The number of ether oxygens (including phenoxy) is 1. The van der Waals surface area contributed by atoms with E-state index in [1.54, 1.807) is 0 Å². The van der Waals surface area contributed by atoms with Gasteiger partial charge in [-0.2, -0.15) is 0 Å². The van der Waals surface area contributed by atoms with Gasteiger partial charge in [0.05, 0.1) is 6.10 Å². The Labute approximate surface area is 172 Å². The van der Waals surface area contributed by atoms with Crippen LogP contribution in [0.3, 0.4) is 0 Å². The Kier molecular flexibility index (Phi) is 4.71. The molecule has 0 aliphatic heterocycles. The molecule has 0 saturated heterocycles. The van der Waals surface area contributed by atoms with Gasteiger partial charge in [-0.05, 0) is 50.4 Å². The summed E-state index contributed by atoms with van der Waals surface area (Å²) in [4.78, 5) is 24.2. The van der Waals surface area contributed by atoms with Crippen molar-refractivity contribution in [2.24, 2.45) is 28.6 Å². The van der Waals surface area contributed by atoms with Crippen molar-refractivity contribution < 1.29 is 24.5 Å². The van der Waals surface area contributed by atoms with Gasteiger partial charge in [-0.25, -0.2) is 0 Å². The van der Waals surface area contributed by atoms with Gasteiger partial charge in [0.2, 0.25) is 5.78 Å². The van der Waals surface area contributed by atoms with E-state index >= 15 is 0 Å². The van der Waals surface area contributed by atoms with Crippen LogP contribution < -0.4 is 0 Å². The number of rotatable bonds is 3. The SMILES string of the molecule is CC(=O)OCC(=O)[C@@]1(O)[C@H](C)CC2C3CCC4=CC(O)C=C[C@]4(C)C3=CC[C@@]21C. The molecule has 0 bridgehead atoms. The third kappa shape index (κ3) is 2.73. The number of aliphatic hydroxyl groups is 2. The summed E-state index contributed by atoms with van der Waals surface area (Å²) in [6.07, 6.45) is 11.0. The fourth-order valence-electron chi connectivity index (χ4n) is 6.86. The molecule has 0 heterocycles. The van der Waals surface area contributed by atoms with Gasteiger partial charge in [-0.15, -0.1) is 0 Å². The molecular weight excluding hydrogens is 368 g/mol. The molecule has 2 N–H and O–H groups in total. The number of hydrogen-bond donors (Lipinski definition) is 2. The number of hydrogen-bond acceptors (Lipinski definition) is 5. The molecule has 0 amide bonds. The lowest BCUT2D eigenvalue weighted by Gasteiger charge is -2.54. The standard InChI is InChI=1S/C24H32O5/c1-14-11-20-18-6-5-16-12-17(26)7-9-22(16,3)19(18)8-10-23(20,4)24(14,28)21(27)13-29-15(2)25/h7-9,12,14,17-18,20,26,28H,5-6,10-11,13H2,1-4H3/t14-,17?,18?,20?,22+,23+,24+/m1/s1. The van der Waals surface area contributed by atoms with Crippen LogP contribution in [0.1, 0.15) is 53.4 Å². The zero-order valence-electron chi connectivity index (χ0n) is 17.8. The first kappa shape index (κ1) is 20.5. The van der Waals surface area contributed by atoms with Gasteiger partial charge >= 0.3 is 5.97 Å². The van der Waals surface area contributed by atoms with E-state index in [0.29, 0.717) is 12.3 Å². The predicted molar refractivity (Wildman–Crippen MR) is 109 cm³/mol. The lowest BCUT2D eigenvalue weighted by molar-refractivity contribution is -0.167. The Hall–Kier alpha value is -1.72. The van der Waals surface area contributed by atoms with E-state index < -0.39 is 23.1 Å². The maximum absolute atomic E-state index is 13.0. The van der Waals surface area contributed by atoms with Crippen molar-refractivity contribution in [1.82, 2.24) is 0 Å². The van der Waals surface area contributed by atoms with Crippen molar-refractivity contribution in [2.45, 2.75) is 65.1 Å². The van der Waals surface area contributed by atoms with Crippen molar-refractivity contribution >= 4 is 11.8 Å². The molecule has 0 radical (unpaired) electrons. The minimum Gasteiger partial charge on any atom is -0.458 e. The summed E-state index contributed by atoms with van der Waals surface area (Å²) in [6.45, 7) is 7.11. The number of Topliss-reactive ketones (excluding diaryl/α,β-unsaturated/α-hetero) is 1. The highest BCUT2D eigenvalue weighted by Crippen LogP contribution is 2.66. The van der Waals surface area contributed by atoms with E-state index in [1.807, 2.05) is 26.0 Å². The minimum absolute atomic E-state index is 0.185. The molecule has 4 aliphatic rings. The molecule has 29 heavy (non-hydrogen) atoms. The molecule has 0 aromatic rings. The predicted octanol–water partition coefficient (Wildman–Crippen LogP) is 3.12. The second kappa shape index (κ2) is 6.64. The number of carbonyl (C=O) groups excluding carboxylic acids is 2. The Bertz CT molecular complexity index is 838. The van der Waals surface area contributed by atoms with Gasteiger partial charge in [-0.1, -0.05) is 49.3 Å². The number of aliphatic hydroxyl groups excluding tert-OH is 1. The van der Waals surface area contributed by atoms with Crippen LogP contribution in [0.15, 0.2) is 35.5 Å². The monoisotopic (exact) mass is 400 g/mol. The second-order valence-corrected chi connectivity index (χ2v) is 9.88. The van der Waals surface area contributed by atoms with Crippen molar-refractivity contribution in [3.63, 3.8) is 0 Å². The maximum Gasteiger partial charge on any atom is 0.303 e. The van der Waals surface area contributed by atoms with Gasteiger partial charge < -0.3 is 14.9 Å². The van der Waals surface area contributed by atoms with Crippen molar-refractivity contribution in [3.05, 3.63) is 35.5 Å². The largest absolute Gasteiger partial charge is 0.458 e. The highest BCUT2D eigenvalue weighted by Gasteiger charge is 2.67. The van der Waals surface area contributed by atoms with Crippen LogP contribution in [0.5, 0.6) is 0 Å². The van der Waals surface area contributed by atoms with E-state index in [4.69, 9.17) is 4.74 Å². The summed E-state index contributed by atoms with van der Waals surface area (Å²) in [6, 6.07) is 0. The number of ketones is 1. The van der Waals surface area contributed by atoms with E-state index in [9.17, 15) is 19.8 Å². The van der Waals surface area contributed by atoms with Gasteiger partial charge in [0.25, 0.3) is 0 Å². The second-order valence-electron chi connectivity index (χ2n) is 9.88. The van der Waals surface area contributed by atoms with Crippen LogP contribution in [0.2, 0.25) is 0 Å². The Morgan fingerprint density at radius 1 is 1.31 bits per heavy atom. The van der Waals surface area contributed by atoms with Gasteiger partial charge in [0.1, 0.15) is 5.60 Å². The highest BCUT2D eigenvalue weighted by atomic mass is 16.5. The summed E-state index contributed by atoms with van der Waals surface area (Å²) in [5.41, 5.74) is 0.378. The van der Waals surface area contributed by atoms with E-state index in [2.05, 4.69) is 19.1 Å². The fourth-order valence-corrected chi connectivity index (χ4v) is 6.86. The summed E-state index contributed by atoms with van der Waals surface area (Å²) >= 11 is 0. The normalized spacial score (nSPS) is 45.4. The molecule has 158 valence electrons. The van der Waals surface area contributed by atoms with Crippen LogP contribution in [0.4, 0.5) is 0 Å². The summed E-state index contributed by atoms with van der Waals surface area (Å²) in [5.74, 6) is -0.589. The Morgan fingerprint density at radius 2 is 2.03 bits per heavy atom. The molecule has 0 aromatic heterocycles. The Morgan fingerprint density at radius 3 is 2.72 bits per heavy atom. The highest BCUT2D eigenvalue weighted by molar-refractivity contribution is 5.91. The third-order valence-corrected chi connectivity index (χ3v) is 8.46. The number of esters is 1. The van der Waals surface area contributed by atoms with Crippen molar-refractivity contribution in [2.75, 3.05) is 6.61 Å². The molecule has 2 fully saturated rings. The quantitative estimate of drug-likeness (QED) is 0.562. The molecule has 5 nitrogen and oxygen atoms in total. The molecule has 0 aromatic carbocycles. The van der Waals surface area contributed by atoms with E-state index in [0.717, 1.165) is 19.3 Å².